The molecule has 7 nitrogen and oxygen atoms in total. The van der Waals surface area contributed by atoms with Gasteiger partial charge in [0, 0.05) is 10.7 Å². The summed E-state index contributed by atoms with van der Waals surface area (Å²) in [4.78, 5) is 23.6. The van der Waals surface area contributed by atoms with Crippen molar-refractivity contribution in [1.82, 2.24) is 5.43 Å². The Morgan fingerprint density at radius 3 is 2.50 bits per heavy atom. The highest BCUT2D eigenvalue weighted by Gasteiger charge is 2.06. The quantitative estimate of drug-likeness (QED) is 0.469. The number of furan rings is 1. The molecule has 0 fully saturated rings. The van der Waals surface area contributed by atoms with E-state index in [1.54, 1.807) is 60.7 Å². The van der Waals surface area contributed by atoms with E-state index in [0.717, 1.165) is 5.56 Å². The van der Waals surface area contributed by atoms with Gasteiger partial charge in [0.25, 0.3) is 5.91 Å². The van der Waals surface area contributed by atoms with E-state index in [1.165, 1.54) is 12.5 Å². The standard InChI is InChI=1S/C20H16ClN3O4/c21-15-5-7-16(8-6-15)23-19(25)13-28-17-9-3-14(4-10-17)12-22-24-20(26)18-2-1-11-27-18/h1-12H,13H2,(H,23,25)(H,24,26)/b22-12-. The Balaban J connectivity index is 1.44. The highest BCUT2D eigenvalue weighted by atomic mass is 35.5. The largest absolute Gasteiger partial charge is 0.484 e. The van der Waals surface area contributed by atoms with Crippen molar-refractivity contribution < 1.29 is 18.7 Å². The molecule has 8 heteroatoms. The summed E-state index contributed by atoms with van der Waals surface area (Å²) < 4.78 is 10.4. The van der Waals surface area contributed by atoms with Crippen LogP contribution in [0, 0.1) is 0 Å². The average molecular weight is 398 g/mol. The number of hydrogen-bond donors (Lipinski definition) is 2. The van der Waals surface area contributed by atoms with Crippen LogP contribution in [0.4, 0.5) is 5.69 Å². The Morgan fingerprint density at radius 1 is 1.07 bits per heavy atom. The SMILES string of the molecule is O=C(COc1ccc(/C=N\NC(=O)c2ccco2)cc1)Nc1ccc(Cl)cc1. The molecule has 0 aliphatic rings. The van der Waals surface area contributed by atoms with E-state index in [0.29, 0.717) is 16.5 Å². The molecule has 0 radical (unpaired) electrons. The zero-order chi connectivity index (χ0) is 19.8. The normalized spacial score (nSPS) is 10.6. The van der Waals surface area contributed by atoms with Crippen LogP contribution in [0.3, 0.4) is 0 Å². The molecule has 0 saturated carbocycles. The minimum absolute atomic E-state index is 0.130. The fourth-order valence-corrected chi connectivity index (χ4v) is 2.28. The highest BCUT2D eigenvalue weighted by Crippen LogP contribution is 2.14. The fraction of sp³-hybridized carbons (Fsp3) is 0.0500. The van der Waals surface area contributed by atoms with Crippen molar-refractivity contribution in [1.29, 1.82) is 0 Å². The molecule has 0 bridgehead atoms. The van der Waals surface area contributed by atoms with Gasteiger partial charge in [-0.05, 0) is 66.2 Å². The molecule has 3 aromatic rings. The van der Waals surface area contributed by atoms with E-state index in [9.17, 15) is 9.59 Å². The van der Waals surface area contributed by atoms with Gasteiger partial charge < -0.3 is 14.5 Å². The molecule has 28 heavy (non-hydrogen) atoms. The molecule has 0 saturated heterocycles. The third-order valence-corrected chi connectivity index (χ3v) is 3.75. The van der Waals surface area contributed by atoms with Crippen LogP contribution < -0.4 is 15.5 Å². The third-order valence-electron chi connectivity index (χ3n) is 3.50. The Labute approximate surface area is 166 Å². The first-order chi connectivity index (χ1) is 13.6. The minimum Gasteiger partial charge on any atom is -0.484 e. The lowest BCUT2D eigenvalue weighted by Gasteiger charge is -2.07. The van der Waals surface area contributed by atoms with Crippen LogP contribution in [0.15, 0.2) is 76.4 Å². The Morgan fingerprint density at radius 2 is 1.82 bits per heavy atom. The number of halogens is 1. The molecule has 1 heterocycles. The van der Waals surface area contributed by atoms with Gasteiger partial charge >= 0.3 is 5.91 Å². The van der Waals surface area contributed by atoms with Gasteiger partial charge in [0.05, 0.1) is 12.5 Å². The van der Waals surface area contributed by atoms with Gasteiger partial charge in [-0.25, -0.2) is 5.43 Å². The monoisotopic (exact) mass is 397 g/mol. The molecule has 0 aliphatic heterocycles. The second-order valence-corrected chi connectivity index (χ2v) is 6.03. The number of carbonyl (C=O) groups is 2. The zero-order valence-electron chi connectivity index (χ0n) is 14.6. The van der Waals surface area contributed by atoms with Gasteiger partial charge in [-0.1, -0.05) is 11.6 Å². The van der Waals surface area contributed by atoms with E-state index in [4.69, 9.17) is 20.8 Å². The molecule has 2 N–H and O–H groups in total. The first-order valence-electron chi connectivity index (χ1n) is 8.25. The topological polar surface area (TPSA) is 92.9 Å². The van der Waals surface area contributed by atoms with Crippen LogP contribution >= 0.6 is 11.6 Å². The van der Waals surface area contributed by atoms with E-state index in [2.05, 4.69) is 15.8 Å². The first kappa shape index (κ1) is 19.2. The van der Waals surface area contributed by atoms with Crippen molar-refractivity contribution in [2.24, 2.45) is 5.10 Å². The van der Waals surface area contributed by atoms with Crippen molar-refractivity contribution in [2.75, 3.05) is 11.9 Å². The van der Waals surface area contributed by atoms with E-state index in [-0.39, 0.29) is 18.3 Å². The van der Waals surface area contributed by atoms with Gasteiger partial charge in [0.1, 0.15) is 5.75 Å². The second kappa shape index (κ2) is 9.38. The molecule has 0 atom stereocenters. The van der Waals surface area contributed by atoms with Crippen molar-refractivity contribution in [2.45, 2.75) is 0 Å². The maximum Gasteiger partial charge on any atom is 0.307 e. The Bertz CT molecular complexity index is 952. The number of anilines is 1. The molecule has 2 aromatic carbocycles. The third kappa shape index (κ3) is 5.72. The predicted octanol–water partition coefficient (Wildman–Crippen LogP) is 3.71. The van der Waals surface area contributed by atoms with Crippen LogP contribution in [-0.2, 0) is 4.79 Å². The number of hydrazone groups is 1. The predicted molar refractivity (Wildman–Crippen MR) is 106 cm³/mol. The van der Waals surface area contributed by atoms with Gasteiger partial charge in [-0.3, -0.25) is 9.59 Å². The van der Waals surface area contributed by atoms with E-state index >= 15 is 0 Å². The smallest absolute Gasteiger partial charge is 0.307 e. The van der Waals surface area contributed by atoms with Gasteiger partial charge in [0.2, 0.25) is 0 Å². The molecule has 0 spiro atoms. The summed E-state index contributed by atoms with van der Waals surface area (Å²) >= 11 is 5.80. The molecular weight excluding hydrogens is 382 g/mol. The maximum absolute atomic E-state index is 11.9. The fourth-order valence-electron chi connectivity index (χ4n) is 2.16. The first-order valence-corrected chi connectivity index (χ1v) is 8.63. The van der Waals surface area contributed by atoms with Crippen molar-refractivity contribution >= 4 is 35.3 Å². The number of amides is 2. The molecular formula is C20H16ClN3O4. The van der Waals surface area contributed by atoms with E-state index in [1.807, 2.05) is 0 Å². The highest BCUT2D eigenvalue weighted by molar-refractivity contribution is 6.30. The number of ether oxygens (including phenoxy) is 1. The van der Waals surface area contributed by atoms with Crippen molar-refractivity contribution in [3.8, 4) is 5.75 Å². The summed E-state index contributed by atoms with van der Waals surface area (Å²) in [5.41, 5.74) is 3.75. The molecule has 3 rings (SSSR count). The molecule has 2 amide bonds. The lowest BCUT2D eigenvalue weighted by molar-refractivity contribution is -0.118. The summed E-state index contributed by atoms with van der Waals surface area (Å²) in [6, 6.07) is 16.8. The summed E-state index contributed by atoms with van der Waals surface area (Å²) in [6.07, 6.45) is 2.89. The van der Waals surface area contributed by atoms with Crippen LogP contribution in [0.5, 0.6) is 5.75 Å². The Kier molecular flexibility index (Phi) is 6.43. The van der Waals surface area contributed by atoms with Crippen LogP contribution in [0.25, 0.3) is 0 Å². The van der Waals surface area contributed by atoms with Crippen molar-refractivity contribution in [3.05, 3.63) is 83.3 Å². The summed E-state index contributed by atoms with van der Waals surface area (Å²) in [5, 5.41) is 7.16. The zero-order valence-corrected chi connectivity index (χ0v) is 15.3. The summed E-state index contributed by atoms with van der Waals surface area (Å²) in [7, 11) is 0. The molecule has 0 aliphatic carbocycles. The van der Waals surface area contributed by atoms with Crippen LogP contribution in [-0.4, -0.2) is 24.6 Å². The van der Waals surface area contributed by atoms with E-state index < -0.39 is 5.91 Å². The number of carbonyl (C=O) groups excluding carboxylic acids is 2. The van der Waals surface area contributed by atoms with Gasteiger partial charge in [-0.2, -0.15) is 5.10 Å². The lowest BCUT2D eigenvalue weighted by atomic mass is 10.2. The van der Waals surface area contributed by atoms with Crippen molar-refractivity contribution in [3.63, 3.8) is 0 Å². The van der Waals surface area contributed by atoms with Crippen LogP contribution in [0.1, 0.15) is 16.1 Å². The number of rotatable bonds is 7. The molecule has 0 unspecified atom stereocenters. The number of nitrogens with one attached hydrogen (secondary N) is 2. The molecule has 142 valence electrons. The molecule has 1 aromatic heterocycles. The van der Waals surface area contributed by atoms with Gasteiger partial charge in [-0.15, -0.1) is 0 Å². The number of nitrogens with zero attached hydrogens (tertiary/aromatic N) is 1. The Hall–Kier alpha value is -3.58. The lowest BCUT2D eigenvalue weighted by Crippen LogP contribution is -2.20. The average Bonchev–Trinajstić information content (AvgIpc) is 3.24. The second-order valence-electron chi connectivity index (χ2n) is 5.59. The number of hydrogen-bond acceptors (Lipinski definition) is 5. The maximum atomic E-state index is 11.9. The van der Waals surface area contributed by atoms with Gasteiger partial charge in [0.15, 0.2) is 12.4 Å². The summed E-state index contributed by atoms with van der Waals surface area (Å²) in [5.74, 6) is -0.0118. The van der Waals surface area contributed by atoms with Crippen LogP contribution in [0.2, 0.25) is 5.02 Å². The minimum atomic E-state index is -0.437. The summed E-state index contributed by atoms with van der Waals surface area (Å²) in [6.45, 7) is -0.130. The number of benzene rings is 2.